The van der Waals surface area contributed by atoms with Crippen molar-refractivity contribution in [3.05, 3.63) is 35.6 Å². The average molecular weight is 293 g/mol. The summed E-state index contributed by atoms with van der Waals surface area (Å²) in [4.78, 5) is 0. The molecular formula is C18H28FNO. The second-order valence-electron chi connectivity index (χ2n) is 7.04. The highest BCUT2D eigenvalue weighted by atomic mass is 19.1. The van der Waals surface area contributed by atoms with E-state index in [0.29, 0.717) is 12.1 Å². The van der Waals surface area contributed by atoms with Crippen LogP contribution in [0.25, 0.3) is 0 Å². The number of aliphatic hydroxyl groups is 1. The number of hydrogen-bond donors (Lipinski definition) is 2. The number of rotatable bonds is 6. The molecule has 1 unspecified atom stereocenters. The van der Waals surface area contributed by atoms with Crippen LogP contribution in [0, 0.1) is 11.7 Å². The van der Waals surface area contributed by atoms with Crippen molar-refractivity contribution in [1.82, 2.24) is 5.32 Å². The number of hydrogen-bond acceptors (Lipinski definition) is 2. The Hall–Kier alpha value is -0.930. The second kappa shape index (κ2) is 7.37. The van der Waals surface area contributed by atoms with Crippen LogP contribution in [0.1, 0.15) is 64.0 Å². The molecule has 0 amide bonds. The summed E-state index contributed by atoms with van der Waals surface area (Å²) in [5, 5.41) is 13.6. The number of β-amino-alcohol motifs (C(OH)–C–C–N with tert-alkyl or cyclic N) is 1. The van der Waals surface area contributed by atoms with E-state index in [1.807, 2.05) is 0 Å². The minimum atomic E-state index is -0.661. The van der Waals surface area contributed by atoms with E-state index in [1.54, 1.807) is 12.1 Å². The highest BCUT2D eigenvalue weighted by Crippen LogP contribution is 2.30. The molecule has 0 radical (unpaired) electrons. The summed E-state index contributed by atoms with van der Waals surface area (Å²) < 4.78 is 13.2. The molecule has 1 aliphatic carbocycles. The smallest absolute Gasteiger partial charge is 0.123 e. The highest BCUT2D eigenvalue weighted by Gasteiger charge is 2.25. The van der Waals surface area contributed by atoms with Crippen molar-refractivity contribution in [2.24, 2.45) is 5.92 Å². The van der Waals surface area contributed by atoms with Crippen LogP contribution in [0.5, 0.6) is 0 Å². The Bertz CT molecular complexity index is 441. The zero-order chi connectivity index (χ0) is 15.3. The van der Waals surface area contributed by atoms with Gasteiger partial charge in [-0.3, -0.25) is 0 Å². The van der Waals surface area contributed by atoms with Gasteiger partial charge in [0.05, 0.1) is 6.10 Å². The third-order valence-electron chi connectivity index (χ3n) is 4.53. The Morgan fingerprint density at radius 3 is 2.67 bits per heavy atom. The lowest BCUT2D eigenvalue weighted by molar-refractivity contribution is 0.151. The largest absolute Gasteiger partial charge is 0.387 e. The van der Waals surface area contributed by atoms with Crippen LogP contribution in [-0.2, 0) is 0 Å². The zero-order valence-electron chi connectivity index (χ0n) is 13.2. The van der Waals surface area contributed by atoms with E-state index < -0.39 is 6.10 Å². The van der Waals surface area contributed by atoms with Crippen LogP contribution >= 0.6 is 0 Å². The molecule has 2 N–H and O–H groups in total. The fourth-order valence-corrected chi connectivity index (χ4v) is 3.39. The quantitative estimate of drug-likeness (QED) is 0.824. The summed E-state index contributed by atoms with van der Waals surface area (Å²) in [5.41, 5.74) is 0.645. The highest BCUT2D eigenvalue weighted by molar-refractivity contribution is 5.19. The Morgan fingerprint density at radius 1 is 1.29 bits per heavy atom. The van der Waals surface area contributed by atoms with E-state index in [9.17, 15) is 9.50 Å². The molecule has 2 rings (SSSR count). The first-order valence-corrected chi connectivity index (χ1v) is 8.15. The lowest BCUT2D eigenvalue weighted by Gasteiger charge is -2.33. The topological polar surface area (TPSA) is 32.3 Å². The molecule has 0 aliphatic heterocycles. The van der Waals surface area contributed by atoms with Crippen molar-refractivity contribution in [3.8, 4) is 0 Å². The van der Waals surface area contributed by atoms with E-state index in [1.165, 1.54) is 44.2 Å². The van der Waals surface area contributed by atoms with E-state index in [2.05, 4.69) is 19.2 Å². The van der Waals surface area contributed by atoms with Gasteiger partial charge in [-0.25, -0.2) is 4.39 Å². The van der Waals surface area contributed by atoms with Gasteiger partial charge in [-0.1, -0.05) is 44.2 Å². The van der Waals surface area contributed by atoms with E-state index in [-0.39, 0.29) is 11.4 Å². The first-order valence-electron chi connectivity index (χ1n) is 8.15. The molecule has 21 heavy (non-hydrogen) atoms. The van der Waals surface area contributed by atoms with Crippen molar-refractivity contribution < 1.29 is 9.50 Å². The fourth-order valence-electron chi connectivity index (χ4n) is 3.39. The maximum Gasteiger partial charge on any atom is 0.123 e. The molecule has 2 nitrogen and oxygen atoms in total. The van der Waals surface area contributed by atoms with E-state index in [4.69, 9.17) is 0 Å². The molecule has 0 bridgehead atoms. The van der Waals surface area contributed by atoms with Gasteiger partial charge in [0.25, 0.3) is 0 Å². The molecular weight excluding hydrogens is 265 g/mol. The van der Waals surface area contributed by atoms with E-state index >= 15 is 0 Å². The molecule has 1 saturated carbocycles. The normalized spacial score (nSPS) is 18.7. The predicted octanol–water partition coefficient (Wildman–Crippen LogP) is 4.20. The zero-order valence-corrected chi connectivity index (χ0v) is 13.2. The van der Waals surface area contributed by atoms with Crippen molar-refractivity contribution in [1.29, 1.82) is 0 Å². The lowest BCUT2D eigenvalue weighted by Crippen LogP contribution is -2.43. The molecule has 1 aromatic rings. The summed E-state index contributed by atoms with van der Waals surface area (Å²) in [5.74, 6) is 0.501. The summed E-state index contributed by atoms with van der Waals surface area (Å²) in [7, 11) is 0. The maximum atomic E-state index is 13.2. The van der Waals surface area contributed by atoms with Crippen LogP contribution < -0.4 is 5.32 Å². The third kappa shape index (κ3) is 5.40. The van der Waals surface area contributed by atoms with Crippen molar-refractivity contribution in [3.63, 3.8) is 0 Å². The number of halogens is 1. The Kier molecular flexibility index (Phi) is 5.77. The predicted molar refractivity (Wildman–Crippen MR) is 84.6 cm³/mol. The molecule has 0 saturated heterocycles. The standard InChI is InChI=1S/C18H28FNO/c1-18(2,12-14-7-4-3-5-8-14)20-13-17(21)15-9-6-10-16(19)11-15/h6,9-11,14,17,20-21H,3-5,7-8,12-13H2,1-2H3. The summed E-state index contributed by atoms with van der Waals surface area (Å²) >= 11 is 0. The molecule has 118 valence electrons. The van der Waals surface area contributed by atoms with Crippen LogP contribution in [0.15, 0.2) is 24.3 Å². The van der Waals surface area contributed by atoms with Crippen LogP contribution in [0.4, 0.5) is 4.39 Å². The first-order chi connectivity index (χ1) is 9.96. The molecule has 1 aromatic carbocycles. The molecule has 0 aromatic heterocycles. The number of aliphatic hydroxyl groups excluding tert-OH is 1. The SMILES string of the molecule is CC(C)(CC1CCCCC1)NCC(O)c1cccc(F)c1. The van der Waals surface area contributed by atoms with Crippen LogP contribution in [-0.4, -0.2) is 17.2 Å². The van der Waals surface area contributed by atoms with Gasteiger partial charge in [0.15, 0.2) is 0 Å². The molecule has 0 heterocycles. The summed E-state index contributed by atoms with van der Waals surface area (Å²) in [6.45, 7) is 4.85. The Labute approximate surface area is 127 Å². The van der Waals surface area contributed by atoms with Crippen molar-refractivity contribution in [2.75, 3.05) is 6.54 Å². The monoisotopic (exact) mass is 293 g/mol. The van der Waals surface area contributed by atoms with Gasteiger partial charge in [0, 0.05) is 12.1 Å². The van der Waals surface area contributed by atoms with Gasteiger partial charge in [-0.05, 0) is 43.9 Å². The van der Waals surface area contributed by atoms with Crippen LogP contribution in [0.3, 0.4) is 0 Å². The van der Waals surface area contributed by atoms with Gasteiger partial charge in [0.2, 0.25) is 0 Å². The Balaban J connectivity index is 1.82. The number of benzene rings is 1. The van der Waals surface area contributed by atoms with Gasteiger partial charge >= 0.3 is 0 Å². The van der Waals surface area contributed by atoms with Crippen LogP contribution in [0.2, 0.25) is 0 Å². The van der Waals surface area contributed by atoms with Gasteiger partial charge < -0.3 is 10.4 Å². The summed E-state index contributed by atoms with van der Waals surface area (Å²) in [6.07, 6.45) is 7.23. The summed E-state index contributed by atoms with van der Waals surface area (Å²) in [6, 6.07) is 6.21. The second-order valence-corrected chi connectivity index (χ2v) is 7.04. The van der Waals surface area contributed by atoms with Gasteiger partial charge in [0.1, 0.15) is 5.82 Å². The minimum Gasteiger partial charge on any atom is -0.387 e. The maximum absolute atomic E-state index is 13.2. The average Bonchev–Trinajstić information content (AvgIpc) is 2.45. The van der Waals surface area contributed by atoms with E-state index in [0.717, 1.165) is 12.3 Å². The molecule has 1 aliphatic rings. The molecule has 3 heteroatoms. The molecule has 0 spiro atoms. The minimum absolute atomic E-state index is 0.0102. The molecule has 1 atom stereocenters. The Morgan fingerprint density at radius 2 is 2.00 bits per heavy atom. The molecule has 1 fully saturated rings. The van der Waals surface area contributed by atoms with Crippen molar-refractivity contribution >= 4 is 0 Å². The fraction of sp³-hybridized carbons (Fsp3) is 0.667. The van der Waals surface area contributed by atoms with Crippen molar-refractivity contribution in [2.45, 2.75) is 64.0 Å². The first kappa shape index (κ1) is 16.4. The van der Waals surface area contributed by atoms with Gasteiger partial charge in [-0.2, -0.15) is 0 Å². The number of nitrogens with one attached hydrogen (secondary N) is 1. The third-order valence-corrected chi connectivity index (χ3v) is 4.53. The van der Waals surface area contributed by atoms with Gasteiger partial charge in [-0.15, -0.1) is 0 Å². The lowest BCUT2D eigenvalue weighted by atomic mass is 9.81.